The number of halogens is 1. The summed E-state index contributed by atoms with van der Waals surface area (Å²) < 4.78 is 0. The Morgan fingerprint density at radius 3 is 2.50 bits per heavy atom. The number of amides is 1. The van der Waals surface area contributed by atoms with Crippen molar-refractivity contribution in [3.05, 3.63) is 58.6 Å². The van der Waals surface area contributed by atoms with Gasteiger partial charge in [0.05, 0.1) is 21.8 Å². The third-order valence-electron chi connectivity index (χ3n) is 4.15. The van der Waals surface area contributed by atoms with E-state index in [4.69, 9.17) is 17.3 Å². The van der Waals surface area contributed by atoms with Gasteiger partial charge in [0.1, 0.15) is 6.07 Å². The molecule has 1 saturated heterocycles. The Morgan fingerprint density at radius 1 is 1.12 bits per heavy atom. The first kappa shape index (κ1) is 16.2. The molecule has 0 atom stereocenters. The molecular weight excluding hydrogens is 324 g/mol. The molecule has 0 bridgehead atoms. The van der Waals surface area contributed by atoms with Crippen LogP contribution in [0.25, 0.3) is 0 Å². The van der Waals surface area contributed by atoms with Crippen LogP contribution in [0.2, 0.25) is 5.02 Å². The van der Waals surface area contributed by atoms with Gasteiger partial charge in [-0.15, -0.1) is 0 Å². The van der Waals surface area contributed by atoms with Crippen LogP contribution in [0.1, 0.15) is 15.9 Å². The maximum atomic E-state index is 12.6. The van der Waals surface area contributed by atoms with E-state index in [-0.39, 0.29) is 5.91 Å². The molecule has 0 aromatic heterocycles. The van der Waals surface area contributed by atoms with Gasteiger partial charge in [0, 0.05) is 31.9 Å². The van der Waals surface area contributed by atoms with Gasteiger partial charge in [-0.2, -0.15) is 5.26 Å². The highest BCUT2D eigenvalue weighted by Crippen LogP contribution is 2.24. The zero-order valence-corrected chi connectivity index (χ0v) is 13.8. The van der Waals surface area contributed by atoms with Crippen LogP contribution in [-0.2, 0) is 0 Å². The standard InChI is InChI=1S/C18H17ClN4O/c19-16-4-2-1-3-15(16)18(24)23-9-7-22(8-10-23)17-6-5-14(21)11-13(17)12-20/h1-6,11H,7-10,21H2. The largest absolute Gasteiger partial charge is 0.399 e. The Balaban J connectivity index is 1.72. The van der Waals surface area contributed by atoms with Gasteiger partial charge in [-0.05, 0) is 30.3 Å². The summed E-state index contributed by atoms with van der Waals surface area (Å²) in [6.07, 6.45) is 0. The van der Waals surface area contributed by atoms with Crippen molar-refractivity contribution < 1.29 is 4.79 Å². The Bertz CT molecular complexity index is 807. The van der Waals surface area contributed by atoms with Crippen LogP contribution in [-0.4, -0.2) is 37.0 Å². The van der Waals surface area contributed by atoms with E-state index in [0.29, 0.717) is 48.0 Å². The minimum atomic E-state index is -0.0573. The molecule has 122 valence electrons. The first-order valence-corrected chi connectivity index (χ1v) is 8.06. The molecule has 0 aliphatic carbocycles. The van der Waals surface area contributed by atoms with Crippen molar-refractivity contribution in [1.29, 1.82) is 5.26 Å². The fourth-order valence-corrected chi connectivity index (χ4v) is 3.09. The molecule has 2 N–H and O–H groups in total. The Labute approximate surface area is 145 Å². The molecule has 1 amide bonds. The van der Waals surface area contributed by atoms with E-state index in [0.717, 1.165) is 5.69 Å². The summed E-state index contributed by atoms with van der Waals surface area (Å²) in [5.74, 6) is -0.0573. The molecule has 0 radical (unpaired) electrons. The van der Waals surface area contributed by atoms with Crippen LogP contribution >= 0.6 is 11.6 Å². The number of nitrogens with zero attached hydrogens (tertiary/aromatic N) is 3. The average molecular weight is 341 g/mol. The van der Waals surface area contributed by atoms with Crippen LogP contribution < -0.4 is 10.6 Å². The summed E-state index contributed by atoms with van der Waals surface area (Å²) in [7, 11) is 0. The maximum absolute atomic E-state index is 12.6. The summed E-state index contributed by atoms with van der Waals surface area (Å²) in [5.41, 5.74) is 8.25. The zero-order valence-electron chi connectivity index (χ0n) is 13.1. The highest BCUT2D eigenvalue weighted by atomic mass is 35.5. The normalized spacial score (nSPS) is 14.3. The highest BCUT2D eigenvalue weighted by molar-refractivity contribution is 6.33. The van der Waals surface area contributed by atoms with Crippen LogP contribution in [0.3, 0.4) is 0 Å². The second kappa shape index (κ2) is 6.81. The van der Waals surface area contributed by atoms with Crippen LogP contribution in [0.5, 0.6) is 0 Å². The van der Waals surface area contributed by atoms with Crippen molar-refractivity contribution in [3.8, 4) is 6.07 Å². The molecule has 2 aromatic rings. The number of nitriles is 1. The molecule has 1 heterocycles. The van der Waals surface area contributed by atoms with Gasteiger partial charge in [0.25, 0.3) is 5.91 Å². The molecule has 2 aromatic carbocycles. The Hall–Kier alpha value is -2.71. The summed E-state index contributed by atoms with van der Waals surface area (Å²) in [4.78, 5) is 16.5. The van der Waals surface area contributed by atoms with Gasteiger partial charge >= 0.3 is 0 Å². The lowest BCUT2D eigenvalue weighted by atomic mass is 10.1. The maximum Gasteiger partial charge on any atom is 0.255 e. The molecule has 1 aliphatic rings. The van der Waals surface area contributed by atoms with E-state index in [1.165, 1.54) is 0 Å². The van der Waals surface area contributed by atoms with Gasteiger partial charge in [0.2, 0.25) is 0 Å². The molecule has 6 heteroatoms. The van der Waals surface area contributed by atoms with E-state index >= 15 is 0 Å². The molecule has 3 rings (SSSR count). The van der Waals surface area contributed by atoms with Crippen molar-refractivity contribution in [1.82, 2.24) is 4.90 Å². The molecule has 5 nitrogen and oxygen atoms in total. The number of benzene rings is 2. The van der Waals surface area contributed by atoms with Gasteiger partial charge in [-0.3, -0.25) is 4.79 Å². The minimum absolute atomic E-state index is 0.0573. The zero-order chi connectivity index (χ0) is 17.1. The number of piperazine rings is 1. The lowest BCUT2D eigenvalue weighted by Crippen LogP contribution is -2.49. The van der Waals surface area contributed by atoms with Gasteiger partial charge in [-0.1, -0.05) is 23.7 Å². The molecule has 24 heavy (non-hydrogen) atoms. The predicted octanol–water partition coefficient (Wildman–Crippen LogP) is 2.76. The molecular formula is C18H17ClN4O. The third-order valence-corrected chi connectivity index (χ3v) is 4.48. The summed E-state index contributed by atoms with van der Waals surface area (Å²) in [6.45, 7) is 2.49. The van der Waals surface area contributed by atoms with Crippen molar-refractivity contribution in [2.75, 3.05) is 36.8 Å². The number of hydrogen-bond acceptors (Lipinski definition) is 4. The topological polar surface area (TPSA) is 73.4 Å². The highest BCUT2D eigenvalue weighted by Gasteiger charge is 2.24. The number of hydrogen-bond donors (Lipinski definition) is 1. The molecule has 0 unspecified atom stereocenters. The number of nitrogens with two attached hydrogens (primary N) is 1. The quantitative estimate of drug-likeness (QED) is 0.853. The number of carbonyl (C=O) groups excluding carboxylic acids is 1. The first-order valence-electron chi connectivity index (χ1n) is 7.68. The van der Waals surface area contributed by atoms with Crippen molar-refractivity contribution >= 4 is 28.9 Å². The van der Waals surface area contributed by atoms with Crippen LogP contribution in [0.4, 0.5) is 11.4 Å². The van der Waals surface area contributed by atoms with E-state index in [2.05, 4.69) is 11.0 Å². The molecule has 1 aliphatic heterocycles. The SMILES string of the molecule is N#Cc1cc(N)ccc1N1CCN(C(=O)c2ccccc2Cl)CC1. The number of anilines is 2. The van der Waals surface area contributed by atoms with Gasteiger partial charge in [0.15, 0.2) is 0 Å². The van der Waals surface area contributed by atoms with E-state index in [1.54, 1.807) is 29.2 Å². The second-order valence-corrected chi connectivity index (χ2v) is 6.05. The number of rotatable bonds is 2. The molecule has 0 spiro atoms. The number of nitrogen functional groups attached to an aromatic ring is 1. The van der Waals surface area contributed by atoms with E-state index in [1.807, 2.05) is 18.2 Å². The summed E-state index contributed by atoms with van der Waals surface area (Å²) in [5, 5.41) is 9.75. The lowest BCUT2D eigenvalue weighted by Gasteiger charge is -2.36. The van der Waals surface area contributed by atoms with Crippen molar-refractivity contribution in [3.63, 3.8) is 0 Å². The fraction of sp³-hybridized carbons (Fsp3) is 0.222. The summed E-state index contributed by atoms with van der Waals surface area (Å²) in [6, 6.07) is 14.6. The smallest absolute Gasteiger partial charge is 0.255 e. The third kappa shape index (κ3) is 3.15. The van der Waals surface area contributed by atoms with Crippen LogP contribution in [0, 0.1) is 11.3 Å². The fourth-order valence-electron chi connectivity index (χ4n) is 2.87. The van der Waals surface area contributed by atoms with Gasteiger partial charge in [-0.25, -0.2) is 0 Å². The first-order chi connectivity index (χ1) is 11.6. The lowest BCUT2D eigenvalue weighted by molar-refractivity contribution is 0.0747. The molecule has 1 fully saturated rings. The number of carbonyl (C=O) groups is 1. The van der Waals surface area contributed by atoms with Crippen LogP contribution in [0.15, 0.2) is 42.5 Å². The van der Waals surface area contributed by atoms with E-state index < -0.39 is 0 Å². The Kier molecular flexibility index (Phi) is 4.59. The predicted molar refractivity (Wildman–Crippen MR) is 95.1 cm³/mol. The molecule has 0 saturated carbocycles. The van der Waals surface area contributed by atoms with E-state index in [9.17, 15) is 10.1 Å². The van der Waals surface area contributed by atoms with Crippen molar-refractivity contribution in [2.45, 2.75) is 0 Å². The second-order valence-electron chi connectivity index (χ2n) is 5.65. The monoisotopic (exact) mass is 340 g/mol. The Morgan fingerprint density at radius 2 is 1.83 bits per heavy atom. The average Bonchev–Trinajstić information content (AvgIpc) is 2.61. The minimum Gasteiger partial charge on any atom is -0.399 e. The van der Waals surface area contributed by atoms with Gasteiger partial charge < -0.3 is 15.5 Å². The van der Waals surface area contributed by atoms with Crippen molar-refractivity contribution in [2.24, 2.45) is 0 Å². The summed E-state index contributed by atoms with van der Waals surface area (Å²) >= 11 is 6.11.